The first-order chi connectivity index (χ1) is 7.89. The fourth-order valence-electron chi connectivity index (χ4n) is 1.83. The molecule has 1 aliphatic heterocycles. The first kappa shape index (κ1) is 13.9. The molecule has 1 atom stereocenters. The summed E-state index contributed by atoms with van der Waals surface area (Å²) in [5.74, 6) is -1.08. The van der Waals surface area contributed by atoms with Gasteiger partial charge in [-0.25, -0.2) is 0 Å². The average Bonchev–Trinajstić information content (AvgIpc) is 2.15. The van der Waals surface area contributed by atoms with Crippen molar-refractivity contribution in [3.8, 4) is 0 Å². The molecular formula is C11H20N2O4. The summed E-state index contributed by atoms with van der Waals surface area (Å²) in [6.45, 7) is 5.33. The van der Waals surface area contributed by atoms with Crippen LogP contribution in [0.4, 0.5) is 0 Å². The molecule has 1 amide bonds. The van der Waals surface area contributed by atoms with Crippen LogP contribution in [-0.4, -0.2) is 48.3 Å². The predicted octanol–water partition coefficient (Wildman–Crippen LogP) is -0.266. The SMILES string of the molecule is CC(C)(CC(=O)O)NC(=O)CC1COCCN1. The van der Waals surface area contributed by atoms with E-state index in [1.807, 2.05) is 0 Å². The minimum Gasteiger partial charge on any atom is -0.481 e. The minimum atomic E-state index is -0.922. The van der Waals surface area contributed by atoms with Gasteiger partial charge >= 0.3 is 5.97 Å². The van der Waals surface area contributed by atoms with Crippen molar-refractivity contribution in [2.45, 2.75) is 38.3 Å². The van der Waals surface area contributed by atoms with Gasteiger partial charge in [0.15, 0.2) is 0 Å². The Kier molecular flexibility index (Phi) is 4.89. The van der Waals surface area contributed by atoms with E-state index in [4.69, 9.17) is 9.84 Å². The predicted molar refractivity (Wildman–Crippen MR) is 61.7 cm³/mol. The van der Waals surface area contributed by atoms with E-state index in [0.29, 0.717) is 19.6 Å². The van der Waals surface area contributed by atoms with Gasteiger partial charge in [-0.05, 0) is 13.8 Å². The quantitative estimate of drug-likeness (QED) is 0.620. The third kappa shape index (κ3) is 5.65. The molecule has 17 heavy (non-hydrogen) atoms. The summed E-state index contributed by atoms with van der Waals surface area (Å²) in [6, 6.07) is 0.0179. The third-order valence-electron chi connectivity index (χ3n) is 2.50. The number of ether oxygens (including phenoxy) is 1. The number of morpholine rings is 1. The monoisotopic (exact) mass is 244 g/mol. The first-order valence-electron chi connectivity index (χ1n) is 5.73. The average molecular weight is 244 g/mol. The molecule has 0 spiro atoms. The number of hydrogen-bond donors (Lipinski definition) is 3. The number of aliphatic carboxylic acids is 1. The molecule has 1 aliphatic rings. The third-order valence-corrected chi connectivity index (χ3v) is 2.50. The summed E-state index contributed by atoms with van der Waals surface area (Å²) in [4.78, 5) is 22.3. The van der Waals surface area contributed by atoms with Gasteiger partial charge in [0.05, 0.1) is 19.6 Å². The second-order valence-electron chi connectivity index (χ2n) is 4.93. The maximum absolute atomic E-state index is 11.7. The fraction of sp³-hybridized carbons (Fsp3) is 0.818. The van der Waals surface area contributed by atoms with Gasteiger partial charge < -0.3 is 20.5 Å². The highest BCUT2D eigenvalue weighted by Crippen LogP contribution is 2.09. The molecule has 0 aromatic rings. The second kappa shape index (κ2) is 5.97. The molecule has 1 saturated heterocycles. The molecule has 3 N–H and O–H groups in total. The number of amides is 1. The van der Waals surface area contributed by atoms with Crippen molar-refractivity contribution in [1.82, 2.24) is 10.6 Å². The number of nitrogens with one attached hydrogen (secondary N) is 2. The van der Waals surface area contributed by atoms with Gasteiger partial charge in [0, 0.05) is 24.5 Å². The largest absolute Gasteiger partial charge is 0.481 e. The Hall–Kier alpha value is -1.14. The summed E-state index contributed by atoms with van der Waals surface area (Å²) < 4.78 is 5.24. The summed E-state index contributed by atoms with van der Waals surface area (Å²) in [7, 11) is 0. The number of carbonyl (C=O) groups excluding carboxylic acids is 1. The Balaban J connectivity index is 2.34. The molecule has 0 saturated carbocycles. The van der Waals surface area contributed by atoms with Gasteiger partial charge in [0.1, 0.15) is 0 Å². The molecule has 0 aromatic heterocycles. The lowest BCUT2D eigenvalue weighted by molar-refractivity contribution is -0.138. The number of carboxylic acids is 1. The molecule has 6 heteroatoms. The molecule has 0 aliphatic carbocycles. The van der Waals surface area contributed by atoms with Gasteiger partial charge in [-0.15, -0.1) is 0 Å². The van der Waals surface area contributed by atoms with Crippen LogP contribution in [0, 0.1) is 0 Å². The summed E-state index contributed by atoms with van der Waals surface area (Å²) >= 11 is 0. The Morgan fingerprint density at radius 2 is 2.24 bits per heavy atom. The summed E-state index contributed by atoms with van der Waals surface area (Å²) in [6.07, 6.45) is 0.219. The van der Waals surface area contributed by atoms with E-state index < -0.39 is 11.5 Å². The van der Waals surface area contributed by atoms with Gasteiger partial charge in [0.2, 0.25) is 5.91 Å². The van der Waals surface area contributed by atoms with Crippen molar-refractivity contribution >= 4 is 11.9 Å². The molecule has 1 heterocycles. The van der Waals surface area contributed by atoms with E-state index >= 15 is 0 Å². The topological polar surface area (TPSA) is 87.7 Å². The number of carbonyl (C=O) groups is 2. The van der Waals surface area contributed by atoms with Crippen LogP contribution in [-0.2, 0) is 14.3 Å². The maximum atomic E-state index is 11.7. The molecular weight excluding hydrogens is 224 g/mol. The second-order valence-corrected chi connectivity index (χ2v) is 4.93. The van der Waals surface area contributed by atoms with Crippen molar-refractivity contribution < 1.29 is 19.4 Å². The lowest BCUT2D eigenvalue weighted by Crippen LogP contribution is -2.49. The summed E-state index contributed by atoms with van der Waals surface area (Å²) in [5, 5.41) is 14.6. The van der Waals surface area contributed by atoms with Crippen molar-refractivity contribution in [2.24, 2.45) is 0 Å². The normalized spacial score (nSPS) is 20.9. The zero-order valence-corrected chi connectivity index (χ0v) is 10.3. The Labute approximate surface area is 101 Å². The van der Waals surface area contributed by atoms with Gasteiger partial charge in [-0.2, -0.15) is 0 Å². The van der Waals surface area contributed by atoms with Crippen LogP contribution in [0.2, 0.25) is 0 Å². The smallest absolute Gasteiger partial charge is 0.305 e. The zero-order chi connectivity index (χ0) is 12.9. The number of rotatable bonds is 5. The van der Waals surface area contributed by atoms with E-state index in [1.54, 1.807) is 13.8 Å². The van der Waals surface area contributed by atoms with Crippen molar-refractivity contribution in [1.29, 1.82) is 0 Å². The first-order valence-corrected chi connectivity index (χ1v) is 5.73. The summed E-state index contributed by atoms with van der Waals surface area (Å²) in [5.41, 5.74) is -0.724. The molecule has 98 valence electrons. The Bertz CT molecular complexity index is 285. The molecule has 6 nitrogen and oxygen atoms in total. The lowest BCUT2D eigenvalue weighted by atomic mass is 10.00. The van der Waals surface area contributed by atoms with Crippen molar-refractivity contribution in [3.63, 3.8) is 0 Å². The van der Waals surface area contributed by atoms with Crippen molar-refractivity contribution in [3.05, 3.63) is 0 Å². The molecule has 1 rings (SSSR count). The fourth-order valence-corrected chi connectivity index (χ4v) is 1.83. The van der Waals surface area contributed by atoms with Crippen LogP contribution in [0.15, 0.2) is 0 Å². The molecule has 0 radical (unpaired) electrons. The van der Waals surface area contributed by atoms with E-state index in [1.165, 1.54) is 0 Å². The molecule has 1 unspecified atom stereocenters. The van der Waals surface area contributed by atoms with E-state index in [9.17, 15) is 9.59 Å². The van der Waals surface area contributed by atoms with Gasteiger partial charge in [0.25, 0.3) is 0 Å². The van der Waals surface area contributed by atoms with Crippen LogP contribution < -0.4 is 10.6 Å². The van der Waals surface area contributed by atoms with Gasteiger partial charge in [-0.1, -0.05) is 0 Å². The van der Waals surface area contributed by atoms with Crippen LogP contribution in [0.3, 0.4) is 0 Å². The van der Waals surface area contributed by atoms with E-state index in [2.05, 4.69) is 10.6 Å². The zero-order valence-electron chi connectivity index (χ0n) is 10.3. The Morgan fingerprint density at radius 1 is 1.53 bits per heavy atom. The molecule has 0 aromatic carbocycles. The van der Waals surface area contributed by atoms with Crippen molar-refractivity contribution in [2.75, 3.05) is 19.8 Å². The lowest BCUT2D eigenvalue weighted by Gasteiger charge is -2.27. The standard InChI is InChI=1S/C11H20N2O4/c1-11(2,6-10(15)16)13-9(14)5-8-7-17-4-3-12-8/h8,12H,3-7H2,1-2H3,(H,13,14)(H,15,16). The highest BCUT2D eigenvalue weighted by molar-refractivity contribution is 5.78. The maximum Gasteiger partial charge on any atom is 0.305 e. The molecule has 1 fully saturated rings. The van der Waals surface area contributed by atoms with Crippen LogP contribution in [0.1, 0.15) is 26.7 Å². The minimum absolute atomic E-state index is 0.0179. The highest BCUT2D eigenvalue weighted by atomic mass is 16.5. The number of carboxylic acid groups (broad SMARTS) is 1. The Morgan fingerprint density at radius 3 is 2.76 bits per heavy atom. The van der Waals surface area contributed by atoms with Crippen LogP contribution >= 0.6 is 0 Å². The van der Waals surface area contributed by atoms with Crippen LogP contribution in [0.5, 0.6) is 0 Å². The van der Waals surface area contributed by atoms with Gasteiger partial charge in [-0.3, -0.25) is 9.59 Å². The molecule has 0 bridgehead atoms. The van der Waals surface area contributed by atoms with Crippen LogP contribution in [0.25, 0.3) is 0 Å². The van der Waals surface area contributed by atoms with E-state index in [0.717, 1.165) is 6.54 Å². The van der Waals surface area contributed by atoms with E-state index in [-0.39, 0.29) is 18.4 Å². The number of hydrogen-bond acceptors (Lipinski definition) is 4. The highest BCUT2D eigenvalue weighted by Gasteiger charge is 2.25.